The molecule has 0 atom stereocenters. The summed E-state index contributed by atoms with van der Waals surface area (Å²) in [5.41, 5.74) is 3.17. The summed E-state index contributed by atoms with van der Waals surface area (Å²) in [6.07, 6.45) is 1.51. The number of sulfone groups is 1. The maximum Gasteiger partial charge on any atom is 0.214 e. The molecule has 0 aliphatic heterocycles. The van der Waals surface area contributed by atoms with E-state index in [9.17, 15) is 12.8 Å². The Bertz CT molecular complexity index is 1110. The summed E-state index contributed by atoms with van der Waals surface area (Å²) in [5.74, 6) is -0.398. The summed E-state index contributed by atoms with van der Waals surface area (Å²) >= 11 is 0. The molecule has 0 saturated carbocycles. The molecule has 1 heterocycles. The topological polar surface area (TPSA) is 51.5 Å². The predicted molar refractivity (Wildman–Crippen MR) is 105 cm³/mol. The van der Waals surface area contributed by atoms with Gasteiger partial charge < -0.3 is 4.90 Å². The number of aromatic amines is 1. The van der Waals surface area contributed by atoms with Gasteiger partial charge in [0.05, 0.1) is 16.0 Å². The lowest BCUT2D eigenvalue weighted by atomic mass is 10.1. The molecule has 0 amide bonds. The van der Waals surface area contributed by atoms with Gasteiger partial charge in [-0.3, -0.25) is 0 Å². The van der Waals surface area contributed by atoms with E-state index >= 15 is 0 Å². The number of halogens is 1. The summed E-state index contributed by atoms with van der Waals surface area (Å²) in [4.78, 5) is 5.37. The van der Waals surface area contributed by atoms with Gasteiger partial charge in [0.15, 0.2) is 11.1 Å². The van der Waals surface area contributed by atoms with Gasteiger partial charge in [-0.25, -0.2) is 17.8 Å². The molecule has 2 aromatic carbocycles. The Morgan fingerprint density at radius 3 is 2.33 bits per heavy atom. The highest BCUT2D eigenvalue weighted by atomic mass is 32.2. The molecule has 6 heteroatoms. The van der Waals surface area contributed by atoms with E-state index in [1.165, 1.54) is 18.3 Å². The fraction of sp³-hybridized carbons (Fsp3) is 0.286. The number of nitrogens with one attached hydrogen (secondary N) is 1. The van der Waals surface area contributed by atoms with Crippen LogP contribution in [0.2, 0.25) is 0 Å². The fourth-order valence-electron chi connectivity index (χ4n) is 3.26. The number of fused-ring (bicyclic) bond motifs is 1. The van der Waals surface area contributed by atoms with E-state index < -0.39 is 15.7 Å². The monoisotopic (exact) mass is 387 g/mol. The van der Waals surface area contributed by atoms with Crippen molar-refractivity contribution in [3.63, 3.8) is 0 Å². The first-order valence-electron chi connectivity index (χ1n) is 9.00. The summed E-state index contributed by atoms with van der Waals surface area (Å²) in [7, 11) is -3.77. The second-order valence-electron chi connectivity index (χ2n) is 6.61. The Morgan fingerprint density at radius 2 is 1.70 bits per heavy atom. The smallest absolute Gasteiger partial charge is 0.214 e. The molecule has 0 radical (unpaired) electrons. The van der Waals surface area contributed by atoms with Crippen LogP contribution in [0.1, 0.15) is 25.0 Å². The summed E-state index contributed by atoms with van der Waals surface area (Å²) < 4.78 is 40.8. The Kier molecular flexibility index (Phi) is 5.20. The molecule has 4 nitrogen and oxygen atoms in total. The Labute approximate surface area is 159 Å². The maximum atomic E-state index is 14.0. The molecule has 0 saturated heterocycles. The Hall–Kier alpha value is -2.47. The van der Waals surface area contributed by atoms with Crippen LogP contribution in [0.4, 0.5) is 10.1 Å². The number of hydrogen-bond donors (Lipinski definition) is 0. The van der Waals surface area contributed by atoms with Crippen molar-refractivity contribution >= 4 is 26.4 Å². The molecule has 0 fully saturated rings. The van der Waals surface area contributed by atoms with Gasteiger partial charge in [-0.05, 0) is 63.1 Å². The zero-order chi connectivity index (χ0) is 19.8. The van der Waals surface area contributed by atoms with Crippen LogP contribution in [-0.2, 0) is 9.84 Å². The van der Waals surface area contributed by atoms with Crippen molar-refractivity contribution in [3.8, 4) is 0 Å². The number of pyridine rings is 1. The van der Waals surface area contributed by atoms with E-state index in [4.69, 9.17) is 0 Å². The van der Waals surface area contributed by atoms with Crippen molar-refractivity contribution < 1.29 is 17.8 Å². The largest absolute Gasteiger partial charge is 0.370 e. The second kappa shape index (κ2) is 7.27. The third-order valence-corrected chi connectivity index (χ3v) is 6.75. The van der Waals surface area contributed by atoms with E-state index in [0.717, 1.165) is 11.1 Å². The van der Waals surface area contributed by atoms with Crippen LogP contribution in [0.3, 0.4) is 0 Å². The molecule has 0 bridgehead atoms. The maximum absolute atomic E-state index is 14.0. The first kappa shape index (κ1) is 19.3. The van der Waals surface area contributed by atoms with Crippen molar-refractivity contribution in [1.82, 2.24) is 0 Å². The molecule has 0 spiro atoms. The standard InChI is InChI=1S/C21H23FN2O2S/c1-5-24(6-2)21-18-12-16(22)8-10-19(18)23-13-20(21)27(25,26)17-9-7-14(3)15(4)11-17/h7-13H,5-6H2,1-4H3/p+1. The molecule has 1 aromatic heterocycles. The number of H-pyrrole nitrogens is 1. The van der Waals surface area contributed by atoms with Crippen LogP contribution in [0.5, 0.6) is 0 Å². The van der Waals surface area contributed by atoms with Crippen LogP contribution in [0.15, 0.2) is 52.4 Å². The highest BCUT2D eigenvalue weighted by Crippen LogP contribution is 2.35. The van der Waals surface area contributed by atoms with Gasteiger partial charge in [0.2, 0.25) is 15.4 Å². The predicted octanol–water partition coefficient (Wildman–Crippen LogP) is 4.09. The zero-order valence-corrected chi connectivity index (χ0v) is 16.8. The van der Waals surface area contributed by atoms with E-state index in [0.29, 0.717) is 29.7 Å². The molecule has 3 rings (SSSR count). The molecule has 142 valence electrons. The summed E-state index contributed by atoms with van der Waals surface area (Å²) in [5, 5.41) is 0.559. The molecule has 0 unspecified atom stereocenters. The number of rotatable bonds is 5. The van der Waals surface area contributed by atoms with Gasteiger partial charge in [-0.1, -0.05) is 6.07 Å². The number of benzene rings is 2. The third-order valence-electron chi connectivity index (χ3n) is 4.99. The van der Waals surface area contributed by atoms with Gasteiger partial charge in [0, 0.05) is 19.2 Å². The highest BCUT2D eigenvalue weighted by Gasteiger charge is 2.29. The second-order valence-corrected chi connectivity index (χ2v) is 8.53. The van der Waals surface area contributed by atoms with Gasteiger partial charge in [0.1, 0.15) is 5.82 Å². The van der Waals surface area contributed by atoms with E-state index in [2.05, 4.69) is 4.98 Å². The zero-order valence-electron chi connectivity index (χ0n) is 16.0. The van der Waals surface area contributed by atoms with Crippen molar-refractivity contribution in [2.75, 3.05) is 18.0 Å². The van der Waals surface area contributed by atoms with E-state index in [1.54, 1.807) is 18.2 Å². The van der Waals surface area contributed by atoms with E-state index in [1.807, 2.05) is 38.7 Å². The minimum Gasteiger partial charge on any atom is -0.370 e. The number of aryl methyl sites for hydroxylation is 2. The average molecular weight is 388 g/mol. The van der Waals surface area contributed by atoms with Crippen LogP contribution in [0.25, 0.3) is 10.9 Å². The first-order valence-corrected chi connectivity index (χ1v) is 10.5. The lowest BCUT2D eigenvalue weighted by Gasteiger charge is -2.24. The SMILES string of the molecule is CCN(CC)c1c(S(=O)(=O)c2ccc(C)c(C)c2)c[nH+]c2ccc(F)cc12. The lowest BCUT2D eigenvalue weighted by molar-refractivity contribution is -0.347. The van der Waals surface area contributed by atoms with Crippen molar-refractivity contribution in [3.05, 3.63) is 59.5 Å². The van der Waals surface area contributed by atoms with Crippen LogP contribution in [-0.4, -0.2) is 21.5 Å². The van der Waals surface area contributed by atoms with Gasteiger partial charge in [-0.2, -0.15) is 0 Å². The van der Waals surface area contributed by atoms with Crippen LogP contribution >= 0.6 is 0 Å². The van der Waals surface area contributed by atoms with Gasteiger partial charge in [0.25, 0.3) is 0 Å². The van der Waals surface area contributed by atoms with E-state index in [-0.39, 0.29) is 9.79 Å². The number of hydrogen-bond acceptors (Lipinski definition) is 3. The minimum absolute atomic E-state index is 0.160. The molecule has 3 aromatic rings. The summed E-state index contributed by atoms with van der Waals surface area (Å²) in [6, 6.07) is 9.50. The molecule has 0 aliphatic carbocycles. The van der Waals surface area contributed by atoms with Gasteiger partial charge in [-0.15, -0.1) is 0 Å². The molecule has 27 heavy (non-hydrogen) atoms. The minimum atomic E-state index is -3.77. The van der Waals surface area contributed by atoms with Gasteiger partial charge >= 0.3 is 0 Å². The van der Waals surface area contributed by atoms with Crippen LogP contribution in [0, 0.1) is 19.7 Å². The number of anilines is 1. The fourth-order valence-corrected chi connectivity index (χ4v) is 4.80. The quantitative estimate of drug-likeness (QED) is 0.663. The molecule has 1 N–H and O–H groups in total. The van der Waals surface area contributed by atoms with Crippen molar-refractivity contribution in [2.24, 2.45) is 0 Å². The average Bonchev–Trinajstić information content (AvgIpc) is 2.64. The molecular weight excluding hydrogens is 363 g/mol. The highest BCUT2D eigenvalue weighted by molar-refractivity contribution is 7.91. The van der Waals surface area contributed by atoms with Crippen LogP contribution < -0.4 is 9.88 Å². The lowest BCUT2D eigenvalue weighted by Crippen LogP contribution is -2.26. The number of nitrogens with zero attached hydrogens (tertiary/aromatic N) is 1. The van der Waals surface area contributed by atoms with Crippen molar-refractivity contribution in [2.45, 2.75) is 37.5 Å². The third kappa shape index (κ3) is 3.41. The number of aromatic nitrogens is 1. The Balaban J connectivity index is 2.35. The molecule has 0 aliphatic rings. The first-order chi connectivity index (χ1) is 12.8. The normalized spacial score (nSPS) is 11.7. The Morgan fingerprint density at radius 1 is 1.00 bits per heavy atom. The van der Waals surface area contributed by atoms with Crippen molar-refractivity contribution in [1.29, 1.82) is 0 Å². The molecular formula is C21H24FN2O2S+. The summed E-state index contributed by atoms with van der Waals surface area (Å²) in [6.45, 7) is 8.97.